The molecule has 1 saturated heterocycles. The van der Waals surface area contributed by atoms with Crippen LogP contribution in [-0.2, 0) is 19.1 Å². The van der Waals surface area contributed by atoms with Crippen molar-refractivity contribution in [2.45, 2.75) is 110 Å². The van der Waals surface area contributed by atoms with Gasteiger partial charge >= 0.3 is 0 Å². The Morgan fingerprint density at radius 2 is 1.71 bits per heavy atom. The Hall–Kier alpha value is -2.49. The summed E-state index contributed by atoms with van der Waals surface area (Å²) in [6, 6.07) is 7.86. The van der Waals surface area contributed by atoms with E-state index < -0.39 is 36.3 Å². The van der Waals surface area contributed by atoms with Gasteiger partial charge in [-0.1, -0.05) is 71.4 Å². The molecule has 1 fully saturated rings. The molecule has 232 valence electrons. The lowest BCUT2D eigenvalue weighted by Gasteiger charge is -2.38. The fraction of sp³-hybridized carbons (Fsp3) is 0.719. The lowest BCUT2D eigenvalue weighted by Crippen LogP contribution is -2.53. The number of aliphatic hydroxyl groups is 2. The quantitative estimate of drug-likeness (QED) is 0.294. The van der Waals surface area contributed by atoms with E-state index in [0.717, 1.165) is 18.4 Å². The van der Waals surface area contributed by atoms with Crippen LogP contribution < -0.4 is 5.32 Å². The summed E-state index contributed by atoms with van der Waals surface area (Å²) < 4.78 is 5.81. The molecule has 1 heterocycles. The Morgan fingerprint density at radius 1 is 1.07 bits per heavy atom. The number of hydrogen-bond acceptors (Lipinski definition) is 6. The van der Waals surface area contributed by atoms with E-state index in [2.05, 4.69) is 5.32 Å². The van der Waals surface area contributed by atoms with Crippen LogP contribution in [0, 0.1) is 17.8 Å². The van der Waals surface area contributed by atoms with Crippen LogP contribution in [0.3, 0.4) is 0 Å². The Kier molecular flexibility index (Phi) is 13.7. The number of amides is 3. The zero-order valence-corrected chi connectivity index (χ0v) is 26.2. The van der Waals surface area contributed by atoms with Crippen LogP contribution in [0.1, 0.15) is 85.3 Å². The number of ether oxygens (including phenoxy) is 1. The molecule has 8 unspecified atom stereocenters. The van der Waals surface area contributed by atoms with E-state index in [9.17, 15) is 24.6 Å². The van der Waals surface area contributed by atoms with E-state index in [-0.39, 0.29) is 42.0 Å². The third-order valence-electron chi connectivity index (χ3n) is 8.59. The highest BCUT2D eigenvalue weighted by Crippen LogP contribution is 2.29. The number of aliphatic hydroxyl groups excluding tert-OH is 2. The van der Waals surface area contributed by atoms with Gasteiger partial charge < -0.3 is 30.1 Å². The molecule has 1 aliphatic heterocycles. The van der Waals surface area contributed by atoms with Crippen LogP contribution in [0.25, 0.3) is 0 Å². The second-order valence-electron chi connectivity index (χ2n) is 12.2. The number of carbonyl (C=O) groups excluding carboxylic acids is 3. The molecule has 9 nitrogen and oxygen atoms in total. The molecular weight excluding hydrogens is 522 g/mol. The predicted molar refractivity (Wildman–Crippen MR) is 160 cm³/mol. The summed E-state index contributed by atoms with van der Waals surface area (Å²) >= 11 is 0. The second-order valence-corrected chi connectivity index (χ2v) is 12.2. The van der Waals surface area contributed by atoms with E-state index in [1.807, 2.05) is 58.0 Å². The van der Waals surface area contributed by atoms with Crippen molar-refractivity contribution in [3.63, 3.8) is 0 Å². The van der Waals surface area contributed by atoms with Crippen LogP contribution in [0.15, 0.2) is 30.3 Å². The van der Waals surface area contributed by atoms with Gasteiger partial charge in [0, 0.05) is 27.1 Å². The van der Waals surface area contributed by atoms with Crippen molar-refractivity contribution in [3.05, 3.63) is 35.9 Å². The van der Waals surface area contributed by atoms with Gasteiger partial charge in [-0.2, -0.15) is 0 Å². The topological polar surface area (TPSA) is 119 Å². The summed E-state index contributed by atoms with van der Waals surface area (Å²) in [5.41, 5.74) is 0.717. The number of carbonyl (C=O) groups is 3. The van der Waals surface area contributed by atoms with Gasteiger partial charge in [0.15, 0.2) is 0 Å². The maximum Gasteiger partial charge on any atom is 0.225 e. The first kappa shape index (κ1) is 34.7. The fourth-order valence-electron chi connectivity index (χ4n) is 6.00. The van der Waals surface area contributed by atoms with Crippen LogP contribution in [0.4, 0.5) is 0 Å². The van der Waals surface area contributed by atoms with Gasteiger partial charge in [0.2, 0.25) is 17.7 Å². The maximum absolute atomic E-state index is 13.6. The lowest BCUT2D eigenvalue weighted by atomic mass is 9.90. The van der Waals surface area contributed by atoms with Gasteiger partial charge in [-0.25, -0.2) is 0 Å². The van der Waals surface area contributed by atoms with Crippen molar-refractivity contribution in [1.82, 2.24) is 15.1 Å². The monoisotopic (exact) mass is 575 g/mol. The minimum atomic E-state index is -1.01. The Morgan fingerprint density at radius 3 is 2.27 bits per heavy atom. The molecular formula is C32H53N3O6. The Labute approximate surface area is 246 Å². The highest BCUT2D eigenvalue weighted by Gasteiger charge is 2.41. The minimum absolute atomic E-state index is 0.0111. The van der Waals surface area contributed by atoms with E-state index in [4.69, 9.17) is 4.74 Å². The molecule has 0 radical (unpaired) electrons. The van der Waals surface area contributed by atoms with Crippen molar-refractivity contribution in [2.75, 3.05) is 20.7 Å². The molecule has 3 N–H and O–H groups in total. The molecule has 2 rings (SSSR count). The third kappa shape index (κ3) is 9.25. The Bertz CT molecular complexity index is 973. The number of benzene rings is 1. The van der Waals surface area contributed by atoms with Crippen molar-refractivity contribution < 1.29 is 29.3 Å². The molecule has 8 atom stereocenters. The van der Waals surface area contributed by atoms with Gasteiger partial charge in [0.05, 0.1) is 48.8 Å². The van der Waals surface area contributed by atoms with E-state index in [0.29, 0.717) is 19.4 Å². The van der Waals surface area contributed by atoms with Gasteiger partial charge in [-0.05, 0) is 37.2 Å². The zero-order valence-electron chi connectivity index (χ0n) is 26.2. The number of hydrogen-bond donors (Lipinski definition) is 3. The molecule has 0 aliphatic carbocycles. The minimum Gasteiger partial charge on any atom is -0.390 e. The summed E-state index contributed by atoms with van der Waals surface area (Å²) in [7, 11) is 3.26. The van der Waals surface area contributed by atoms with Crippen LogP contribution in [0.2, 0.25) is 0 Å². The molecule has 9 heteroatoms. The number of rotatable bonds is 15. The summed E-state index contributed by atoms with van der Waals surface area (Å²) in [5, 5.41) is 24.9. The standard InChI is InChI=1S/C32H53N3O6/c1-9-21(4)29(34(7)27(37)18-20(2)3)26(36)19-28(38)35-17-13-16-25(35)31(41-8)22(5)32(40)33-23(6)30(39)24-14-11-10-12-15-24/h10-12,14-15,20-23,25-26,29-31,36,39H,9,13,16-19H2,1-8H3,(H,33,40). The second kappa shape index (κ2) is 16.2. The van der Waals surface area contributed by atoms with Crippen LogP contribution >= 0.6 is 0 Å². The molecule has 1 aliphatic rings. The summed E-state index contributed by atoms with van der Waals surface area (Å²) in [4.78, 5) is 43.0. The SMILES string of the molecule is CCC(C)C(C(O)CC(=O)N1CCCC1C(OC)C(C)C(=O)NC(C)C(O)c1ccccc1)N(C)C(=O)CC(C)C. The fourth-order valence-corrected chi connectivity index (χ4v) is 6.00. The zero-order chi connectivity index (χ0) is 30.9. The predicted octanol–water partition coefficient (Wildman–Crippen LogP) is 3.54. The van der Waals surface area contributed by atoms with Crippen LogP contribution in [-0.4, -0.2) is 88.8 Å². The molecule has 41 heavy (non-hydrogen) atoms. The van der Waals surface area contributed by atoms with Gasteiger partial charge in [-0.15, -0.1) is 0 Å². The molecule has 0 bridgehead atoms. The van der Waals surface area contributed by atoms with Crippen molar-refractivity contribution in [1.29, 1.82) is 0 Å². The molecule has 0 spiro atoms. The molecule has 1 aromatic rings. The van der Waals surface area contributed by atoms with E-state index >= 15 is 0 Å². The van der Waals surface area contributed by atoms with Crippen molar-refractivity contribution >= 4 is 17.7 Å². The van der Waals surface area contributed by atoms with Crippen molar-refractivity contribution in [2.24, 2.45) is 17.8 Å². The first-order valence-corrected chi connectivity index (χ1v) is 15.1. The van der Waals surface area contributed by atoms with E-state index in [1.54, 1.807) is 37.8 Å². The largest absolute Gasteiger partial charge is 0.390 e. The normalized spacial score (nSPS) is 20.6. The summed E-state index contributed by atoms with van der Waals surface area (Å²) in [6.45, 7) is 12.0. The van der Waals surface area contributed by atoms with Crippen LogP contribution in [0.5, 0.6) is 0 Å². The highest BCUT2D eigenvalue weighted by molar-refractivity contribution is 5.81. The summed E-state index contributed by atoms with van der Waals surface area (Å²) in [6.07, 6.45) is 0.0620. The number of nitrogens with one attached hydrogen (secondary N) is 1. The molecule has 3 amide bonds. The Balaban J connectivity index is 2.10. The van der Waals surface area contributed by atoms with Gasteiger partial charge in [0.1, 0.15) is 0 Å². The molecule has 1 aromatic carbocycles. The maximum atomic E-state index is 13.6. The number of methoxy groups -OCH3 is 1. The first-order valence-electron chi connectivity index (χ1n) is 15.1. The smallest absolute Gasteiger partial charge is 0.225 e. The van der Waals surface area contributed by atoms with Gasteiger partial charge in [0.25, 0.3) is 0 Å². The molecule has 0 saturated carbocycles. The average Bonchev–Trinajstić information content (AvgIpc) is 3.42. The first-order chi connectivity index (χ1) is 19.3. The summed E-state index contributed by atoms with van der Waals surface area (Å²) in [5.74, 6) is -0.886. The highest BCUT2D eigenvalue weighted by atomic mass is 16.5. The third-order valence-corrected chi connectivity index (χ3v) is 8.59. The molecule has 0 aromatic heterocycles. The average molecular weight is 576 g/mol. The van der Waals surface area contributed by atoms with Gasteiger partial charge in [-0.3, -0.25) is 14.4 Å². The number of likely N-dealkylation sites (N-methyl/N-ethyl adjacent to an activating group) is 1. The van der Waals surface area contributed by atoms with E-state index in [1.165, 1.54) is 0 Å². The number of nitrogens with zero attached hydrogens (tertiary/aromatic N) is 2. The van der Waals surface area contributed by atoms with Crippen molar-refractivity contribution in [3.8, 4) is 0 Å². The number of likely N-dealkylation sites (tertiary alicyclic amines) is 1. The lowest BCUT2D eigenvalue weighted by molar-refractivity contribution is -0.145.